The van der Waals surface area contributed by atoms with Gasteiger partial charge in [-0.1, -0.05) is 0 Å². The number of nitrogens with zero attached hydrogens (tertiary/aromatic N) is 2. The van der Waals surface area contributed by atoms with Gasteiger partial charge in [0.25, 0.3) is 11.5 Å². The molecule has 3 rings (SSSR count). The Morgan fingerprint density at radius 3 is 2.51 bits per heavy atom. The van der Waals surface area contributed by atoms with Crippen molar-refractivity contribution in [2.24, 2.45) is 0 Å². The molecule has 2 aromatic rings. The smallest absolute Gasteiger partial charge is 0.326 e. The molecule has 0 saturated heterocycles. The molecule has 2 heterocycles. The zero-order valence-corrected chi connectivity index (χ0v) is 21.2. The summed E-state index contributed by atoms with van der Waals surface area (Å²) in [4.78, 5) is 54.9. The normalized spacial score (nSPS) is 14.8. The van der Waals surface area contributed by atoms with Crippen LogP contribution in [0.4, 0.5) is 23.1 Å². The monoisotopic (exact) mass is 517 g/mol. The molecule has 0 saturated carbocycles. The average Bonchev–Trinajstić information content (AvgIpc) is 2.75. The molecule has 10 N–H and O–H groups in total. The summed E-state index contributed by atoms with van der Waals surface area (Å²) in [5, 5.41) is 26.6. The first kappa shape index (κ1) is 30.0. The van der Waals surface area contributed by atoms with Gasteiger partial charge < -0.3 is 42.3 Å². The summed E-state index contributed by atoms with van der Waals surface area (Å²) in [5.41, 5.74) is 6.59. The van der Waals surface area contributed by atoms with E-state index in [2.05, 4.69) is 25.9 Å². The van der Waals surface area contributed by atoms with Crippen molar-refractivity contribution in [3.63, 3.8) is 0 Å². The number of nitrogens with one attached hydrogen (secondary N) is 4. The molecule has 0 unspecified atom stereocenters. The number of anilines is 4. The minimum absolute atomic E-state index is 0. The number of aliphatic carboxylic acids is 2. The van der Waals surface area contributed by atoms with Crippen LogP contribution in [-0.4, -0.2) is 113 Å². The van der Waals surface area contributed by atoms with Crippen LogP contribution in [0.1, 0.15) is 23.2 Å². The largest absolute Gasteiger partial charge is 0.481 e. The Hall–Kier alpha value is -3.07. The maximum atomic E-state index is 12.3. The molecule has 0 spiro atoms. The first-order valence-corrected chi connectivity index (χ1v) is 10.1. The molecule has 1 aliphatic heterocycles. The molecule has 1 aliphatic rings. The van der Waals surface area contributed by atoms with E-state index in [1.54, 1.807) is 19.2 Å². The number of H-pyrrole nitrogens is 1. The number of hydrogen-bond acceptors (Lipinski definition) is 9. The third kappa shape index (κ3) is 7.71. The van der Waals surface area contributed by atoms with Gasteiger partial charge in [-0.05, 0) is 30.7 Å². The first-order chi connectivity index (χ1) is 15.7. The summed E-state index contributed by atoms with van der Waals surface area (Å²) < 4.78 is 0. The Morgan fingerprint density at radius 1 is 1.26 bits per heavy atom. The van der Waals surface area contributed by atoms with E-state index < -0.39 is 23.9 Å². The third-order valence-corrected chi connectivity index (χ3v) is 5.26. The standard InChI is InChI=1S/C20H25N7O6.Ca.H2O/c1-27-12(9-23-16-15(27)18(31)26-20(21)25-16)8-22-11-4-2-10(3-5-11)17(30)24-13(19(32)33)6-7-14(28)29;;/h2-5,12-13,22H,6-9H2,1H3,(H,24,30)(H,28,29)(H,32,33)(H4,21,23,25,26,31);;1H2/t12-,13-;;/m0../s1. The van der Waals surface area contributed by atoms with E-state index in [1.807, 2.05) is 4.90 Å². The molecular weight excluding hydrogens is 490 g/mol. The maximum Gasteiger partial charge on any atom is 0.326 e. The van der Waals surface area contributed by atoms with Crippen LogP contribution in [0, 0.1) is 0 Å². The van der Waals surface area contributed by atoms with Crippen molar-refractivity contribution >= 4 is 78.7 Å². The number of carbonyl (C=O) groups is 3. The van der Waals surface area contributed by atoms with Crippen molar-refractivity contribution in [2.75, 3.05) is 41.4 Å². The number of nitrogens with two attached hydrogens (primary N) is 1. The van der Waals surface area contributed by atoms with E-state index in [9.17, 15) is 24.3 Å². The fourth-order valence-corrected chi connectivity index (χ4v) is 3.42. The van der Waals surface area contributed by atoms with Gasteiger partial charge in [0.2, 0.25) is 5.95 Å². The van der Waals surface area contributed by atoms with E-state index in [1.165, 1.54) is 12.1 Å². The number of amides is 1. The Morgan fingerprint density at radius 2 is 1.91 bits per heavy atom. The summed E-state index contributed by atoms with van der Waals surface area (Å²) >= 11 is 0. The molecule has 2 radical (unpaired) electrons. The first-order valence-electron chi connectivity index (χ1n) is 10.1. The molecule has 1 aromatic heterocycles. The molecule has 0 aliphatic carbocycles. The van der Waals surface area contributed by atoms with Gasteiger partial charge >= 0.3 is 11.9 Å². The Labute approximate surface area is 229 Å². The number of hydrogen-bond donors (Lipinski definition) is 7. The molecule has 35 heavy (non-hydrogen) atoms. The van der Waals surface area contributed by atoms with Gasteiger partial charge in [-0.25, -0.2) is 4.79 Å². The van der Waals surface area contributed by atoms with Crippen molar-refractivity contribution in [1.82, 2.24) is 15.3 Å². The van der Waals surface area contributed by atoms with Crippen molar-refractivity contribution in [1.29, 1.82) is 0 Å². The second kappa shape index (κ2) is 13.1. The van der Waals surface area contributed by atoms with Gasteiger partial charge in [0.1, 0.15) is 11.7 Å². The summed E-state index contributed by atoms with van der Waals surface area (Å²) in [7, 11) is 1.79. The van der Waals surface area contributed by atoms with Crippen molar-refractivity contribution < 1.29 is 30.1 Å². The van der Waals surface area contributed by atoms with Gasteiger partial charge in [-0.15, -0.1) is 0 Å². The van der Waals surface area contributed by atoms with Gasteiger partial charge in [0.15, 0.2) is 5.82 Å². The zero-order valence-electron chi connectivity index (χ0n) is 19.0. The number of aromatic amines is 1. The number of carboxylic acids is 2. The number of carboxylic acid groups (broad SMARTS) is 2. The van der Waals surface area contributed by atoms with Crippen LogP contribution >= 0.6 is 0 Å². The number of rotatable bonds is 9. The van der Waals surface area contributed by atoms with E-state index >= 15 is 0 Å². The number of nitrogen functional groups attached to an aromatic ring is 1. The van der Waals surface area contributed by atoms with E-state index in [0.29, 0.717) is 24.6 Å². The van der Waals surface area contributed by atoms with Crippen molar-refractivity contribution in [3.8, 4) is 0 Å². The number of carbonyl (C=O) groups excluding carboxylic acids is 1. The van der Waals surface area contributed by atoms with Crippen LogP contribution in [0.3, 0.4) is 0 Å². The molecule has 1 aromatic carbocycles. The predicted octanol–water partition coefficient (Wildman–Crippen LogP) is -1.46. The summed E-state index contributed by atoms with van der Waals surface area (Å²) in [6.45, 7) is 1.01. The SMILES string of the molecule is CN1c2c(nc(N)[nH]c2=O)NC[C@@H]1CNc1ccc(C(=O)N[C@@H](CCC(=O)O)C(=O)O)cc1.O.[Ca]. The minimum Gasteiger partial charge on any atom is -0.481 e. The maximum absolute atomic E-state index is 12.3. The second-order valence-corrected chi connectivity index (χ2v) is 7.55. The van der Waals surface area contributed by atoms with Crippen LogP contribution < -0.4 is 32.1 Å². The average molecular weight is 518 g/mol. The van der Waals surface area contributed by atoms with Gasteiger partial charge in [-0.3, -0.25) is 19.4 Å². The number of likely N-dealkylation sites (N-methyl/N-ethyl adjacent to an activating group) is 1. The van der Waals surface area contributed by atoms with Gasteiger partial charge in [0, 0.05) is 75.5 Å². The zero-order chi connectivity index (χ0) is 24.1. The summed E-state index contributed by atoms with van der Waals surface area (Å²) in [6, 6.07) is 5.03. The molecule has 0 fully saturated rings. The molecule has 15 heteroatoms. The third-order valence-electron chi connectivity index (χ3n) is 5.26. The fourth-order valence-electron chi connectivity index (χ4n) is 3.42. The molecule has 14 nitrogen and oxygen atoms in total. The number of benzene rings is 1. The summed E-state index contributed by atoms with van der Waals surface area (Å²) in [5.74, 6) is -2.59. The Balaban J connectivity index is 0.00000306. The molecular formula is C20H27CaN7O7. The second-order valence-electron chi connectivity index (χ2n) is 7.55. The van der Waals surface area contributed by atoms with E-state index in [-0.39, 0.29) is 79.2 Å². The predicted molar refractivity (Wildman–Crippen MR) is 130 cm³/mol. The minimum atomic E-state index is -1.30. The van der Waals surface area contributed by atoms with Crippen LogP contribution in [0.15, 0.2) is 29.1 Å². The fraction of sp³-hybridized carbons (Fsp3) is 0.350. The van der Waals surface area contributed by atoms with E-state index in [0.717, 1.165) is 5.69 Å². The molecule has 0 bridgehead atoms. The quantitative estimate of drug-likeness (QED) is 0.190. The van der Waals surface area contributed by atoms with Crippen LogP contribution in [0.2, 0.25) is 0 Å². The topological polar surface area (TPSA) is 234 Å². The Bertz CT molecular complexity index is 1110. The molecule has 2 atom stereocenters. The van der Waals surface area contributed by atoms with Gasteiger partial charge in [-0.2, -0.15) is 4.98 Å². The Kier molecular flexibility index (Phi) is 11.2. The van der Waals surface area contributed by atoms with Crippen LogP contribution in [0.5, 0.6) is 0 Å². The molecule has 1 amide bonds. The van der Waals surface area contributed by atoms with Crippen molar-refractivity contribution in [2.45, 2.75) is 24.9 Å². The number of fused-ring (bicyclic) bond motifs is 1. The van der Waals surface area contributed by atoms with Crippen LogP contribution in [-0.2, 0) is 9.59 Å². The van der Waals surface area contributed by atoms with Crippen LogP contribution in [0.25, 0.3) is 0 Å². The molecule has 186 valence electrons. The van der Waals surface area contributed by atoms with Crippen molar-refractivity contribution in [3.05, 3.63) is 40.2 Å². The summed E-state index contributed by atoms with van der Waals surface area (Å²) in [6.07, 6.45) is -0.586. The van der Waals surface area contributed by atoms with E-state index in [4.69, 9.17) is 10.8 Å². The number of aromatic nitrogens is 2. The van der Waals surface area contributed by atoms with Gasteiger partial charge in [0.05, 0.1) is 6.04 Å².